The van der Waals surface area contributed by atoms with E-state index in [4.69, 9.17) is 0 Å². The SMILES string of the molecule is C.C.CCCCCC1C=CC(CC)C(C)C1CC. The van der Waals surface area contributed by atoms with Gasteiger partial charge in [0.15, 0.2) is 0 Å². The topological polar surface area (TPSA) is 0 Å². The van der Waals surface area contributed by atoms with E-state index in [1.54, 1.807) is 0 Å². The van der Waals surface area contributed by atoms with Gasteiger partial charge in [0, 0.05) is 0 Å². The molecule has 1 aliphatic rings. The first-order valence-corrected chi connectivity index (χ1v) is 7.42. The fourth-order valence-electron chi connectivity index (χ4n) is 3.43. The number of unbranched alkanes of at least 4 members (excludes halogenated alkanes) is 2. The van der Waals surface area contributed by atoms with Crippen molar-refractivity contribution in [2.24, 2.45) is 23.7 Å². The molecule has 110 valence electrons. The first-order valence-electron chi connectivity index (χ1n) is 7.42. The third kappa shape index (κ3) is 5.16. The summed E-state index contributed by atoms with van der Waals surface area (Å²) in [6.45, 7) is 9.47. The zero-order chi connectivity index (χ0) is 12.0. The summed E-state index contributed by atoms with van der Waals surface area (Å²) >= 11 is 0. The molecule has 0 saturated heterocycles. The fourth-order valence-corrected chi connectivity index (χ4v) is 3.43. The summed E-state index contributed by atoms with van der Waals surface area (Å²) in [7, 11) is 0. The van der Waals surface area contributed by atoms with Gasteiger partial charge in [-0.05, 0) is 36.5 Å². The smallest absolute Gasteiger partial charge is 0.0202 e. The Morgan fingerprint density at radius 2 is 1.44 bits per heavy atom. The Kier molecular flexibility index (Phi) is 11.9. The van der Waals surface area contributed by atoms with Crippen LogP contribution < -0.4 is 0 Å². The van der Waals surface area contributed by atoms with Crippen LogP contribution in [0.2, 0.25) is 0 Å². The number of allylic oxidation sites excluding steroid dienone is 2. The molecule has 1 aliphatic carbocycles. The maximum absolute atomic E-state index is 2.54. The molecule has 0 spiro atoms. The van der Waals surface area contributed by atoms with E-state index < -0.39 is 0 Å². The lowest BCUT2D eigenvalue weighted by Crippen LogP contribution is -2.29. The van der Waals surface area contributed by atoms with Gasteiger partial charge in [0.1, 0.15) is 0 Å². The lowest BCUT2D eigenvalue weighted by molar-refractivity contribution is 0.189. The van der Waals surface area contributed by atoms with Crippen molar-refractivity contribution in [1.29, 1.82) is 0 Å². The van der Waals surface area contributed by atoms with Gasteiger partial charge in [-0.15, -0.1) is 0 Å². The molecule has 0 bridgehead atoms. The Labute approximate surface area is 117 Å². The third-order valence-corrected chi connectivity index (χ3v) is 4.59. The molecule has 1 rings (SSSR count). The maximum atomic E-state index is 2.54. The summed E-state index contributed by atoms with van der Waals surface area (Å²) in [5.74, 6) is 3.54. The maximum Gasteiger partial charge on any atom is -0.0202 e. The quantitative estimate of drug-likeness (QED) is 0.365. The average Bonchev–Trinajstić information content (AvgIpc) is 2.30. The van der Waals surface area contributed by atoms with Crippen molar-refractivity contribution in [3.05, 3.63) is 12.2 Å². The Morgan fingerprint density at radius 1 is 0.833 bits per heavy atom. The minimum atomic E-state index is 0. The van der Waals surface area contributed by atoms with Crippen molar-refractivity contribution < 1.29 is 0 Å². The van der Waals surface area contributed by atoms with E-state index in [1.807, 2.05) is 0 Å². The van der Waals surface area contributed by atoms with Crippen molar-refractivity contribution >= 4 is 0 Å². The van der Waals surface area contributed by atoms with Crippen LogP contribution in [0, 0.1) is 23.7 Å². The van der Waals surface area contributed by atoms with Crippen molar-refractivity contribution in [3.63, 3.8) is 0 Å². The van der Waals surface area contributed by atoms with Crippen LogP contribution in [-0.2, 0) is 0 Å². The van der Waals surface area contributed by atoms with Crippen molar-refractivity contribution in [2.45, 2.75) is 81.1 Å². The summed E-state index contributed by atoms with van der Waals surface area (Å²) in [5, 5.41) is 0. The molecule has 0 heterocycles. The fraction of sp³-hybridized carbons (Fsp3) is 0.889. The van der Waals surface area contributed by atoms with Crippen LogP contribution in [0.3, 0.4) is 0 Å². The van der Waals surface area contributed by atoms with E-state index in [0.29, 0.717) is 0 Å². The first-order chi connectivity index (χ1) is 7.74. The van der Waals surface area contributed by atoms with E-state index >= 15 is 0 Å². The van der Waals surface area contributed by atoms with E-state index in [9.17, 15) is 0 Å². The van der Waals surface area contributed by atoms with Crippen molar-refractivity contribution in [2.75, 3.05) is 0 Å². The third-order valence-electron chi connectivity index (χ3n) is 4.59. The van der Waals surface area contributed by atoms with Crippen LogP contribution in [0.4, 0.5) is 0 Å². The molecule has 0 aromatic heterocycles. The van der Waals surface area contributed by atoms with Gasteiger partial charge in [0.05, 0.1) is 0 Å². The molecule has 0 saturated carbocycles. The molecule has 0 aliphatic heterocycles. The van der Waals surface area contributed by atoms with Crippen LogP contribution in [0.1, 0.15) is 81.1 Å². The molecule has 0 heteroatoms. The van der Waals surface area contributed by atoms with E-state index in [1.165, 1.54) is 38.5 Å². The zero-order valence-corrected chi connectivity index (χ0v) is 11.7. The number of rotatable bonds is 6. The van der Waals surface area contributed by atoms with Crippen molar-refractivity contribution in [3.8, 4) is 0 Å². The minimum absolute atomic E-state index is 0. The van der Waals surface area contributed by atoms with Gasteiger partial charge >= 0.3 is 0 Å². The van der Waals surface area contributed by atoms with Gasteiger partial charge in [0.2, 0.25) is 0 Å². The standard InChI is InChI=1S/C16H30.2CH4/c1-5-8-9-10-15-12-11-14(6-2)13(4)16(15)7-3;;/h11-16H,5-10H2,1-4H3;2*1H4. The molecule has 0 N–H and O–H groups in total. The van der Waals surface area contributed by atoms with Gasteiger partial charge in [0.25, 0.3) is 0 Å². The van der Waals surface area contributed by atoms with Gasteiger partial charge in [-0.1, -0.05) is 80.4 Å². The highest BCUT2D eigenvalue weighted by molar-refractivity contribution is 5.03. The Bertz CT molecular complexity index is 204. The summed E-state index contributed by atoms with van der Waals surface area (Å²) in [4.78, 5) is 0. The van der Waals surface area contributed by atoms with Gasteiger partial charge < -0.3 is 0 Å². The first kappa shape index (κ1) is 20.1. The molecular weight excluding hydrogens is 216 g/mol. The molecule has 18 heavy (non-hydrogen) atoms. The second-order valence-corrected chi connectivity index (χ2v) is 5.55. The molecule has 0 aromatic carbocycles. The Morgan fingerprint density at radius 3 is 1.94 bits per heavy atom. The summed E-state index contributed by atoms with van der Waals surface area (Å²) in [5.41, 5.74) is 0. The Balaban J connectivity index is 0. The molecule has 4 unspecified atom stereocenters. The highest BCUT2D eigenvalue weighted by Crippen LogP contribution is 2.39. The highest BCUT2D eigenvalue weighted by Gasteiger charge is 2.30. The van der Waals surface area contributed by atoms with Crippen molar-refractivity contribution in [1.82, 2.24) is 0 Å². The molecule has 0 nitrogen and oxygen atoms in total. The molecule has 0 fully saturated rings. The second kappa shape index (κ2) is 10.6. The van der Waals surface area contributed by atoms with E-state index in [-0.39, 0.29) is 14.9 Å². The largest absolute Gasteiger partial charge is 0.0849 e. The van der Waals surface area contributed by atoms with Gasteiger partial charge in [-0.2, -0.15) is 0 Å². The average molecular weight is 255 g/mol. The normalized spacial score (nSPS) is 30.4. The van der Waals surface area contributed by atoms with E-state index in [0.717, 1.165) is 23.7 Å². The summed E-state index contributed by atoms with van der Waals surface area (Å²) in [6, 6.07) is 0. The van der Waals surface area contributed by atoms with Crippen LogP contribution in [0.5, 0.6) is 0 Å². The highest BCUT2D eigenvalue weighted by atomic mass is 14.4. The van der Waals surface area contributed by atoms with Crippen LogP contribution >= 0.6 is 0 Å². The zero-order valence-electron chi connectivity index (χ0n) is 11.7. The minimum Gasteiger partial charge on any atom is -0.0849 e. The molecular formula is C18H38. The monoisotopic (exact) mass is 254 g/mol. The van der Waals surface area contributed by atoms with Crippen LogP contribution in [0.25, 0.3) is 0 Å². The summed E-state index contributed by atoms with van der Waals surface area (Å²) < 4.78 is 0. The summed E-state index contributed by atoms with van der Waals surface area (Å²) in [6.07, 6.45) is 13.3. The van der Waals surface area contributed by atoms with Gasteiger partial charge in [-0.25, -0.2) is 0 Å². The predicted molar refractivity (Wildman–Crippen MR) is 87.0 cm³/mol. The van der Waals surface area contributed by atoms with E-state index in [2.05, 4.69) is 39.8 Å². The lowest BCUT2D eigenvalue weighted by atomic mass is 9.68. The van der Waals surface area contributed by atoms with Gasteiger partial charge in [-0.3, -0.25) is 0 Å². The predicted octanol–water partition coefficient (Wildman–Crippen LogP) is 6.71. The lowest BCUT2D eigenvalue weighted by Gasteiger charge is -2.37. The Hall–Kier alpha value is -0.260. The second-order valence-electron chi connectivity index (χ2n) is 5.55. The number of hydrogen-bond donors (Lipinski definition) is 0. The van der Waals surface area contributed by atoms with Crippen LogP contribution in [-0.4, -0.2) is 0 Å². The van der Waals surface area contributed by atoms with Crippen LogP contribution in [0.15, 0.2) is 12.2 Å². The molecule has 0 amide bonds. The molecule has 0 radical (unpaired) electrons. The molecule has 0 aromatic rings. The molecule has 4 atom stereocenters. The number of hydrogen-bond acceptors (Lipinski definition) is 0.